The Morgan fingerprint density at radius 3 is 2.64 bits per heavy atom. The van der Waals surface area contributed by atoms with E-state index in [-0.39, 0.29) is 0 Å². The number of nitrogens with one attached hydrogen (secondary N) is 1. The molecule has 1 aromatic carbocycles. The number of hydrogen-bond acceptors (Lipinski definition) is 3. The van der Waals surface area contributed by atoms with Crippen LogP contribution in [0.25, 0.3) is 0 Å². The van der Waals surface area contributed by atoms with Gasteiger partial charge in [-0.3, -0.25) is 10.0 Å². The fraction of sp³-hybridized carbons (Fsp3) is 0. The first-order valence-electron chi connectivity index (χ1n) is 2.98. The summed E-state index contributed by atoms with van der Waals surface area (Å²) >= 11 is 4.02. The summed E-state index contributed by atoms with van der Waals surface area (Å²) in [5.41, 5.74) is 1.89. The molecule has 3 nitrogen and oxygen atoms in total. The Balaban J connectivity index is 3.03. The van der Waals surface area contributed by atoms with E-state index in [0.29, 0.717) is 10.5 Å². The van der Waals surface area contributed by atoms with Gasteiger partial charge in [-0.15, -0.1) is 12.6 Å². The molecule has 2 N–H and O–H groups in total. The largest absolute Gasteiger partial charge is 0.288 e. The van der Waals surface area contributed by atoms with Gasteiger partial charge in [0.25, 0.3) is 5.91 Å². The van der Waals surface area contributed by atoms with Gasteiger partial charge >= 0.3 is 0 Å². The number of benzene rings is 1. The zero-order valence-corrected chi connectivity index (χ0v) is 6.51. The van der Waals surface area contributed by atoms with Gasteiger partial charge in [-0.1, -0.05) is 12.1 Å². The lowest BCUT2D eigenvalue weighted by Gasteiger charge is -2.00. The average molecular weight is 169 g/mol. The number of hydroxylamine groups is 1. The van der Waals surface area contributed by atoms with E-state index in [1.165, 1.54) is 5.48 Å². The van der Waals surface area contributed by atoms with Crippen LogP contribution in [0.4, 0.5) is 0 Å². The molecule has 0 unspecified atom stereocenters. The number of carbonyl (C=O) groups excluding carboxylic acids is 1. The maximum absolute atomic E-state index is 10.8. The van der Waals surface area contributed by atoms with E-state index in [1.54, 1.807) is 24.3 Å². The molecular weight excluding hydrogens is 162 g/mol. The van der Waals surface area contributed by atoms with Crippen LogP contribution in [0.5, 0.6) is 0 Å². The Morgan fingerprint density at radius 1 is 1.45 bits per heavy atom. The van der Waals surface area contributed by atoms with Crippen LogP contribution in [0.2, 0.25) is 0 Å². The molecular formula is C7H7NO2S. The molecule has 0 heterocycles. The molecule has 0 aliphatic heterocycles. The van der Waals surface area contributed by atoms with E-state index < -0.39 is 5.91 Å². The molecule has 0 saturated heterocycles. The Bertz CT molecular complexity index is 275. The third kappa shape index (κ3) is 1.72. The normalized spacial score (nSPS) is 9.27. The predicted molar refractivity (Wildman–Crippen MR) is 42.9 cm³/mol. The number of carbonyl (C=O) groups is 1. The number of amides is 1. The van der Waals surface area contributed by atoms with Gasteiger partial charge in [0, 0.05) is 4.90 Å². The van der Waals surface area contributed by atoms with Gasteiger partial charge in [0.05, 0.1) is 5.56 Å². The van der Waals surface area contributed by atoms with E-state index in [9.17, 15) is 4.79 Å². The van der Waals surface area contributed by atoms with Gasteiger partial charge in [-0.25, -0.2) is 5.48 Å². The molecule has 0 atom stereocenters. The Morgan fingerprint density at radius 2 is 2.09 bits per heavy atom. The molecule has 0 aliphatic carbocycles. The summed E-state index contributed by atoms with van der Waals surface area (Å²) < 4.78 is 0. The van der Waals surface area contributed by atoms with E-state index in [2.05, 4.69) is 12.6 Å². The van der Waals surface area contributed by atoms with Crippen LogP contribution in [-0.2, 0) is 0 Å². The molecule has 0 bridgehead atoms. The molecule has 1 rings (SSSR count). The van der Waals surface area contributed by atoms with Crippen molar-refractivity contribution in [2.45, 2.75) is 4.90 Å². The summed E-state index contributed by atoms with van der Waals surface area (Å²) in [4.78, 5) is 11.4. The van der Waals surface area contributed by atoms with E-state index >= 15 is 0 Å². The second-order valence-electron chi connectivity index (χ2n) is 1.96. The fourth-order valence-electron chi connectivity index (χ4n) is 0.726. The van der Waals surface area contributed by atoms with Crippen LogP contribution >= 0.6 is 12.6 Å². The van der Waals surface area contributed by atoms with Crippen molar-refractivity contribution in [1.82, 2.24) is 5.48 Å². The maximum Gasteiger partial charge on any atom is 0.275 e. The van der Waals surface area contributed by atoms with Crippen LogP contribution in [-0.4, -0.2) is 11.1 Å². The zero-order valence-electron chi connectivity index (χ0n) is 5.61. The highest BCUT2D eigenvalue weighted by Crippen LogP contribution is 2.11. The minimum Gasteiger partial charge on any atom is -0.288 e. The van der Waals surface area contributed by atoms with Crippen molar-refractivity contribution in [3.05, 3.63) is 29.8 Å². The maximum atomic E-state index is 10.8. The topological polar surface area (TPSA) is 49.3 Å². The third-order valence-electron chi connectivity index (χ3n) is 1.25. The molecule has 0 saturated carbocycles. The molecule has 0 fully saturated rings. The molecule has 1 amide bonds. The monoisotopic (exact) mass is 169 g/mol. The summed E-state index contributed by atoms with van der Waals surface area (Å²) in [6, 6.07) is 6.71. The molecule has 4 heteroatoms. The minimum atomic E-state index is -0.546. The van der Waals surface area contributed by atoms with Gasteiger partial charge in [-0.2, -0.15) is 0 Å². The van der Waals surface area contributed by atoms with Crippen LogP contribution in [0.1, 0.15) is 10.4 Å². The van der Waals surface area contributed by atoms with Gasteiger partial charge in [-0.05, 0) is 12.1 Å². The first-order chi connectivity index (χ1) is 5.25. The zero-order chi connectivity index (χ0) is 8.27. The molecule has 0 aliphatic rings. The molecule has 0 radical (unpaired) electrons. The molecule has 0 spiro atoms. The van der Waals surface area contributed by atoms with Gasteiger partial charge in [0.2, 0.25) is 0 Å². The molecule has 58 valence electrons. The average Bonchev–Trinajstić information content (AvgIpc) is 2.04. The van der Waals surface area contributed by atoms with Gasteiger partial charge < -0.3 is 0 Å². The lowest BCUT2D eigenvalue weighted by Crippen LogP contribution is -2.18. The van der Waals surface area contributed by atoms with Crippen molar-refractivity contribution in [2.75, 3.05) is 0 Å². The van der Waals surface area contributed by atoms with Crippen molar-refractivity contribution in [3.63, 3.8) is 0 Å². The summed E-state index contributed by atoms with van der Waals surface area (Å²) in [5.74, 6) is -0.546. The SMILES string of the molecule is O=C(NO)c1ccccc1S. The van der Waals surface area contributed by atoms with Crippen LogP contribution in [0.3, 0.4) is 0 Å². The quantitative estimate of drug-likeness (QED) is 0.335. The Labute approximate surface area is 69.4 Å². The predicted octanol–water partition coefficient (Wildman–Crippen LogP) is 1.09. The summed E-state index contributed by atoms with van der Waals surface area (Å²) in [5, 5.41) is 8.28. The third-order valence-corrected chi connectivity index (χ3v) is 1.64. The number of thiol groups is 1. The fourth-order valence-corrected chi connectivity index (χ4v) is 0.988. The van der Waals surface area contributed by atoms with Crippen LogP contribution < -0.4 is 5.48 Å². The van der Waals surface area contributed by atoms with Crippen LogP contribution in [0, 0.1) is 0 Å². The first kappa shape index (κ1) is 8.10. The smallest absolute Gasteiger partial charge is 0.275 e. The van der Waals surface area contributed by atoms with E-state index in [1.807, 2.05) is 0 Å². The summed E-state index contributed by atoms with van der Waals surface area (Å²) in [6.45, 7) is 0. The van der Waals surface area contributed by atoms with Gasteiger partial charge in [0.15, 0.2) is 0 Å². The first-order valence-corrected chi connectivity index (χ1v) is 3.43. The summed E-state index contributed by atoms with van der Waals surface area (Å²) in [7, 11) is 0. The lowest BCUT2D eigenvalue weighted by atomic mass is 10.2. The second-order valence-corrected chi connectivity index (χ2v) is 2.44. The van der Waals surface area contributed by atoms with Crippen molar-refractivity contribution in [2.24, 2.45) is 0 Å². The second kappa shape index (κ2) is 3.41. The highest BCUT2D eigenvalue weighted by atomic mass is 32.1. The number of hydrogen-bond donors (Lipinski definition) is 3. The molecule has 0 aromatic heterocycles. The van der Waals surface area contributed by atoms with Crippen molar-refractivity contribution in [1.29, 1.82) is 0 Å². The highest BCUT2D eigenvalue weighted by molar-refractivity contribution is 7.80. The van der Waals surface area contributed by atoms with E-state index in [0.717, 1.165) is 0 Å². The Hall–Kier alpha value is -1.00. The van der Waals surface area contributed by atoms with Crippen molar-refractivity contribution < 1.29 is 10.0 Å². The summed E-state index contributed by atoms with van der Waals surface area (Å²) in [6.07, 6.45) is 0. The number of rotatable bonds is 1. The molecule has 1 aromatic rings. The Kier molecular flexibility index (Phi) is 2.51. The minimum absolute atomic E-state index is 0.360. The van der Waals surface area contributed by atoms with Crippen molar-refractivity contribution >= 4 is 18.5 Å². The standard InChI is InChI=1S/C7H7NO2S/c9-7(8-10)5-3-1-2-4-6(5)11/h1-4,10-11H,(H,8,9). The lowest BCUT2D eigenvalue weighted by molar-refractivity contribution is 0.0703. The highest BCUT2D eigenvalue weighted by Gasteiger charge is 2.05. The van der Waals surface area contributed by atoms with Crippen molar-refractivity contribution in [3.8, 4) is 0 Å². The molecule has 11 heavy (non-hydrogen) atoms. The van der Waals surface area contributed by atoms with E-state index in [4.69, 9.17) is 5.21 Å². The van der Waals surface area contributed by atoms with Crippen LogP contribution in [0.15, 0.2) is 29.2 Å². The van der Waals surface area contributed by atoms with Gasteiger partial charge in [0.1, 0.15) is 0 Å².